The highest BCUT2D eigenvalue weighted by atomic mass is 32.2. The summed E-state index contributed by atoms with van der Waals surface area (Å²) in [5.41, 5.74) is 2.56. The normalized spacial score (nSPS) is 11.1. The van der Waals surface area contributed by atoms with Gasteiger partial charge in [-0.2, -0.15) is 0 Å². The summed E-state index contributed by atoms with van der Waals surface area (Å²) in [6.07, 6.45) is 0. The third kappa shape index (κ3) is 4.35. The zero-order valence-corrected chi connectivity index (χ0v) is 16.0. The number of sulfonamides is 1. The number of hydrogen-bond donors (Lipinski definition) is 2. The molecule has 1 aromatic heterocycles. The number of rotatable bonds is 6. The Kier molecular flexibility index (Phi) is 5.27. The number of nitrogens with zero attached hydrogens (tertiary/aromatic N) is 2. The van der Waals surface area contributed by atoms with Crippen LogP contribution in [-0.2, 0) is 10.0 Å². The molecule has 0 aliphatic heterocycles. The molecule has 3 aromatic rings. The molecule has 0 amide bonds. The second-order valence-electron chi connectivity index (χ2n) is 5.98. The molecule has 3 rings (SSSR count). The van der Waals surface area contributed by atoms with E-state index in [0.717, 1.165) is 11.3 Å². The van der Waals surface area contributed by atoms with Gasteiger partial charge in [-0.15, -0.1) is 10.2 Å². The van der Waals surface area contributed by atoms with Crippen molar-refractivity contribution in [1.82, 2.24) is 10.2 Å². The fourth-order valence-corrected chi connectivity index (χ4v) is 3.77. The number of hydrogen-bond acceptors (Lipinski definition) is 6. The van der Waals surface area contributed by atoms with E-state index in [4.69, 9.17) is 4.74 Å². The lowest BCUT2D eigenvalue weighted by Gasteiger charge is -2.11. The van der Waals surface area contributed by atoms with E-state index in [2.05, 4.69) is 20.2 Å². The highest BCUT2D eigenvalue weighted by molar-refractivity contribution is 7.92. The van der Waals surface area contributed by atoms with Gasteiger partial charge < -0.3 is 10.1 Å². The first-order chi connectivity index (χ1) is 12.9. The molecule has 0 saturated carbocycles. The third-order valence-corrected chi connectivity index (χ3v) is 5.50. The van der Waals surface area contributed by atoms with Crippen LogP contribution in [0.15, 0.2) is 59.5 Å². The Morgan fingerprint density at radius 1 is 0.889 bits per heavy atom. The summed E-state index contributed by atoms with van der Waals surface area (Å²) in [5, 5.41) is 11.1. The van der Waals surface area contributed by atoms with Gasteiger partial charge in [0.2, 0.25) is 0 Å². The Hall–Kier alpha value is -3.13. The number of ether oxygens (including phenoxy) is 1. The maximum absolute atomic E-state index is 12.6. The predicted octanol–water partition coefficient (Wildman–Crippen LogP) is 3.65. The van der Waals surface area contributed by atoms with E-state index in [1.807, 2.05) is 31.2 Å². The van der Waals surface area contributed by atoms with Gasteiger partial charge in [-0.3, -0.25) is 4.72 Å². The average Bonchev–Trinajstić information content (AvgIpc) is 2.64. The molecule has 0 unspecified atom stereocenters. The Bertz CT molecular complexity index is 1050. The minimum Gasteiger partial charge on any atom is -0.497 e. The third-order valence-electron chi connectivity index (χ3n) is 3.98. The van der Waals surface area contributed by atoms with Crippen LogP contribution in [0.1, 0.15) is 11.1 Å². The number of aryl methyl sites for hydroxylation is 2. The van der Waals surface area contributed by atoms with Crippen LogP contribution < -0.4 is 14.8 Å². The molecule has 1 heterocycles. The predicted molar refractivity (Wildman–Crippen MR) is 105 cm³/mol. The van der Waals surface area contributed by atoms with Crippen LogP contribution in [0.3, 0.4) is 0 Å². The van der Waals surface area contributed by atoms with Gasteiger partial charge in [0.05, 0.1) is 12.0 Å². The van der Waals surface area contributed by atoms with Crippen molar-refractivity contribution in [2.45, 2.75) is 18.7 Å². The molecule has 27 heavy (non-hydrogen) atoms. The van der Waals surface area contributed by atoms with Crippen LogP contribution in [0.2, 0.25) is 0 Å². The highest BCUT2D eigenvalue weighted by Gasteiger charge is 2.18. The fraction of sp³-hybridized carbons (Fsp3) is 0.158. The summed E-state index contributed by atoms with van der Waals surface area (Å²) >= 11 is 0. The summed E-state index contributed by atoms with van der Waals surface area (Å²) in [7, 11) is -2.24. The van der Waals surface area contributed by atoms with Gasteiger partial charge in [0.25, 0.3) is 10.0 Å². The summed E-state index contributed by atoms with van der Waals surface area (Å²) in [6, 6.07) is 15.8. The van der Waals surface area contributed by atoms with Crippen LogP contribution in [0, 0.1) is 13.8 Å². The number of nitrogens with one attached hydrogen (secondary N) is 2. The molecular formula is C19H20N4O3S. The maximum atomic E-state index is 12.6. The lowest BCUT2D eigenvalue weighted by Crippen LogP contribution is -2.15. The zero-order chi connectivity index (χ0) is 19.4. The summed E-state index contributed by atoms with van der Waals surface area (Å²) < 4.78 is 32.8. The van der Waals surface area contributed by atoms with E-state index < -0.39 is 10.0 Å². The van der Waals surface area contributed by atoms with Crippen molar-refractivity contribution in [3.63, 3.8) is 0 Å². The quantitative estimate of drug-likeness (QED) is 0.674. The lowest BCUT2D eigenvalue weighted by molar-refractivity contribution is 0.414. The van der Waals surface area contributed by atoms with Crippen molar-refractivity contribution in [2.75, 3.05) is 17.1 Å². The van der Waals surface area contributed by atoms with Crippen LogP contribution in [0.5, 0.6) is 5.75 Å². The molecular weight excluding hydrogens is 364 g/mol. The number of benzene rings is 2. The first kappa shape index (κ1) is 18.7. The van der Waals surface area contributed by atoms with Crippen molar-refractivity contribution < 1.29 is 13.2 Å². The van der Waals surface area contributed by atoms with E-state index >= 15 is 0 Å². The molecule has 8 heteroatoms. The number of methoxy groups -OCH3 is 1. The second kappa shape index (κ2) is 7.63. The van der Waals surface area contributed by atoms with E-state index in [-0.39, 0.29) is 10.7 Å². The first-order valence-electron chi connectivity index (χ1n) is 8.23. The van der Waals surface area contributed by atoms with E-state index in [9.17, 15) is 8.42 Å². The van der Waals surface area contributed by atoms with E-state index in [1.165, 1.54) is 13.2 Å². The summed E-state index contributed by atoms with van der Waals surface area (Å²) in [4.78, 5) is 0.159. The SMILES string of the molecule is COc1ccc(S(=O)(=O)Nc2ccc(Nc3ccccc3C)nn2)c(C)c1. The smallest absolute Gasteiger partial charge is 0.263 e. The molecule has 0 saturated heterocycles. The molecule has 2 aromatic carbocycles. The maximum Gasteiger partial charge on any atom is 0.263 e. The van der Waals surface area contributed by atoms with Crippen LogP contribution in [0.4, 0.5) is 17.3 Å². The van der Waals surface area contributed by atoms with Gasteiger partial charge in [0.1, 0.15) is 5.75 Å². The Balaban J connectivity index is 1.77. The first-order valence-corrected chi connectivity index (χ1v) is 9.71. The minimum atomic E-state index is -3.78. The molecule has 0 aliphatic rings. The molecule has 0 radical (unpaired) electrons. The van der Waals surface area contributed by atoms with Gasteiger partial charge in [0, 0.05) is 5.69 Å². The summed E-state index contributed by atoms with van der Waals surface area (Å²) in [5.74, 6) is 1.26. The van der Waals surface area contributed by atoms with Crippen molar-refractivity contribution in [2.24, 2.45) is 0 Å². The van der Waals surface area contributed by atoms with Gasteiger partial charge in [-0.1, -0.05) is 18.2 Å². The molecule has 140 valence electrons. The number of para-hydroxylation sites is 1. The molecule has 7 nitrogen and oxygen atoms in total. The van der Waals surface area contributed by atoms with Crippen LogP contribution >= 0.6 is 0 Å². The largest absolute Gasteiger partial charge is 0.497 e. The molecule has 0 spiro atoms. The molecule has 2 N–H and O–H groups in total. The minimum absolute atomic E-state index is 0.139. The monoisotopic (exact) mass is 384 g/mol. The Labute approximate surface area is 158 Å². The van der Waals surface area contributed by atoms with Gasteiger partial charge >= 0.3 is 0 Å². The van der Waals surface area contributed by atoms with E-state index in [1.54, 1.807) is 31.2 Å². The fourth-order valence-electron chi connectivity index (χ4n) is 2.55. The highest BCUT2D eigenvalue weighted by Crippen LogP contribution is 2.23. The Morgan fingerprint density at radius 2 is 1.59 bits per heavy atom. The number of aromatic nitrogens is 2. The van der Waals surface area contributed by atoms with Crippen molar-refractivity contribution in [3.8, 4) is 5.75 Å². The van der Waals surface area contributed by atoms with Crippen LogP contribution in [-0.4, -0.2) is 25.7 Å². The molecule has 0 fully saturated rings. The van der Waals surface area contributed by atoms with Crippen LogP contribution in [0.25, 0.3) is 0 Å². The number of anilines is 3. The van der Waals surface area contributed by atoms with E-state index in [0.29, 0.717) is 17.1 Å². The topological polar surface area (TPSA) is 93.2 Å². The second-order valence-corrected chi connectivity index (χ2v) is 7.63. The van der Waals surface area contributed by atoms with Gasteiger partial charge in [0.15, 0.2) is 11.6 Å². The zero-order valence-electron chi connectivity index (χ0n) is 15.2. The lowest BCUT2D eigenvalue weighted by atomic mass is 10.2. The van der Waals surface area contributed by atoms with Crippen molar-refractivity contribution >= 4 is 27.3 Å². The molecule has 0 atom stereocenters. The molecule has 0 bridgehead atoms. The molecule has 0 aliphatic carbocycles. The van der Waals surface area contributed by atoms with Gasteiger partial charge in [-0.25, -0.2) is 8.42 Å². The standard InChI is InChI=1S/C19H20N4O3S/c1-13-6-4-5-7-16(13)20-18-10-11-19(22-21-18)23-27(24,25)17-9-8-15(26-3)12-14(17)2/h4-12H,1-3H3,(H,20,21)(H,22,23). The summed E-state index contributed by atoms with van der Waals surface area (Å²) in [6.45, 7) is 3.69. The Morgan fingerprint density at radius 3 is 2.22 bits per heavy atom. The average molecular weight is 384 g/mol. The van der Waals surface area contributed by atoms with Crippen molar-refractivity contribution in [1.29, 1.82) is 0 Å². The van der Waals surface area contributed by atoms with Crippen molar-refractivity contribution in [3.05, 3.63) is 65.7 Å². The van der Waals surface area contributed by atoms with Gasteiger partial charge in [-0.05, 0) is 61.4 Å².